The zero-order valence-electron chi connectivity index (χ0n) is 19.3. The molecule has 0 bridgehead atoms. The highest BCUT2D eigenvalue weighted by Gasteiger charge is 2.24. The van der Waals surface area contributed by atoms with Gasteiger partial charge in [-0.3, -0.25) is 5.43 Å². The van der Waals surface area contributed by atoms with Gasteiger partial charge in [0.1, 0.15) is 5.82 Å². The number of aryl methyl sites for hydroxylation is 1. The van der Waals surface area contributed by atoms with Crippen LogP contribution in [0.2, 0.25) is 0 Å². The van der Waals surface area contributed by atoms with E-state index in [-0.39, 0.29) is 10.9 Å². The van der Waals surface area contributed by atoms with Gasteiger partial charge in [-0.15, -0.1) is 0 Å². The van der Waals surface area contributed by atoms with Crippen molar-refractivity contribution in [2.75, 3.05) is 74.1 Å². The molecule has 2 saturated heterocycles. The quantitative estimate of drug-likeness (QED) is 0.396. The number of nitrogens with one attached hydrogen (secondary N) is 1. The maximum Gasteiger partial charge on any atom is 0.184 e. The highest BCUT2D eigenvalue weighted by molar-refractivity contribution is 7.80. The monoisotopic (exact) mass is 469 g/mol. The Kier molecular flexibility index (Phi) is 7.29. The molecule has 0 aromatic heterocycles. The minimum absolute atomic E-state index is 0.0796. The average Bonchev–Trinajstić information content (AvgIpc) is 2.80. The second-order valence-corrected chi connectivity index (χ2v) is 9.14. The minimum atomic E-state index is -0.242. The molecule has 9 heteroatoms. The Morgan fingerprint density at radius 2 is 1.52 bits per heavy atom. The smallest absolute Gasteiger partial charge is 0.184 e. The average molecular weight is 470 g/mol. The van der Waals surface area contributed by atoms with Crippen molar-refractivity contribution in [3.8, 4) is 0 Å². The van der Waals surface area contributed by atoms with Crippen molar-refractivity contribution in [1.29, 1.82) is 0 Å². The van der Waals surface area contributed by atoms with E-state index in [9.17, 15) is 0 Å². The van der Waals surface area contributed by atoms with Gasteiger partial charge in [-0.05, 0) is 50.5 Å². The fourth-order valence-corrected chi connectivity index (χ4v) is 4.41. The SMILES string of the molecule is Cc1ccc(N2CCN(c3cc(N4CCN(C)CC4)c(/C=N/NC(N)=S)cc3F)CC2)cc1. The number of nitrogens with two attached hydrogens (primary N) is 1. The fourth-order valence-electron chi connectivity index (χ4n) is 4.36. The van der Waals surface area contributed by atoms with E-state index in [1.807, 2.05) is 6.07 Å². The number of halogens is 1. The molecule has 4 rings (SSSR count). The number of thiocarbonyl (C=S) groups is 1. The van der Waals surface area contributed by atoms with Gasteiger partial charge in [0.05, 0.1) is 11.9 Å². The summed E-state index contributed by atoms with van der Waals surface area (Å²) >= 11 is 4.82. The van der Waals surface area contributed by atoms with Crippen LogP contribution in [0.15, 0.2) is 41.5 Å². The summed E-state index contributed by atoms with van der Waals surface area (Å²) in [6, 6.07) is 12.1. The molecule has 2 aromatic rings. The molecule has 0 radical (unpaired) electrons. The predicted octanol–water partition coefficient (Wildman–Crippen LogP) is 2.38. The van der Waals surface area contributed by atoms with Gasteiger partial charge in [-0.1, -0.05) is 17.7 Å². The molecule has 176 valence electrons. The Balaban J connectivity index is 1.55. The van der Waals surface area contributed by atoms with Crippen LogP contribution in [0.3, 0.4) is 0 Å². The van der Waals surface area contributed by atoms with Crippen molar-refractivity contribution in [3.63, 3.8) is 0 Å². The number of nitrogens with zero attached hydrogens (tertiary/aromatic N) is 5. The van der Waals surface area contributed by atoms with Gasteiger partial charge >= 0.3 is 0 Å². The number of rotatable bonds is 5. The first-order valence-electron chi connectivity index (χ1n) is 11.3. The predicted molar refractivity (Wildman–Crippen MR) is 139 cm³/mol. The third-order valence-corrected chi connectivity index (χ3v) is 6.43. The Morgan fingerprint density at radius 1 is 0.939 bits per heavy atom. The highest BCUT2D eigenvalue weighted by Crippen LogP contribution is 2.31. The molecule has 2 aliphatic rings. The number of hydrogen-bond acceptors (Lipinski definition) is 6. The van der Waals surface area contributed by atoms with E-state index in [0.717, 1.165) is 58.0 Å². The van der Waals surface area contributed by atoms with Gasteiger partial charge in [0, 0.05) is 69.3 Å². The van der Waals surface area contributed by atoms with E-state index < -0.39 is 0 Å². The van der Waals surface area contributed by atoms with Gasteiger partial charge in [0.25, 0.3) is 0 Å². The normalized spacial score (nSPS) is 17.6. The molecule has 33 heavy (non-hydrogen) atoms. The summed E-state index contributed by atoms with van der Waals surface area (Å²) in [6.45, 7) is 9.02. The highest BCUT2D eigenvalue weighted by atomic mass is 32.1. The van der Waals surface area contributed by atoms with Crippen molar-refractivity contribution in [2.45, 2.75) is 6.92 Å². The number of piperazine rings is 2. The summed E-state index contributed by atoms with van der Waals surface area (Å²) in [5, 5.41) is 4.16. The van der Waals surface area contributed by atoms with E-state index in [1.54, 1.807) is 12.3 Å². The number of anilines is 3. The molecule has 0 amide bonds. The van der Waals surface area contributed by atoms with Crippen molar-refractivity contribution in [2.24, 2.45) is 10.8 Å². The van der Waals surface area contributed by atoms with Gasteiger partial charge in [-0.25, -0.2) is 4.39 Å². The van der Waals surface area contributed by atoms with Crippen LogP contribution in [0.4, 0.5) is 21.5 Å². The standard InChI is InChI=1S/C24H32FN7S/c1-18-3-5-20(6-4-18)30-11-13-32(14-12-30)23-16-22(31-9-7-29(2)8-10-31)19(15-21(23)25)17-27-28-24(26)33/h3-6,15-17H,7-14H2,1-2H3,(H3,26,28,33)/b27-17+. The number of likely N-dealkylation sites (N-methyl/N-ethyl adjacent to an activating group) is 1. The van der Waals surface area contributed by atoms with Crippen LogP contribution >= 0.6 is 12.2 Å². The summed E-state index contributed by atoms with van der Waals surface area (Å²) in [5.74, 6) is -0.242. The lowest BCUT2D eigenvalue weighted by Gasteiger charge is -2.39. The first-order chi connectivity index (χ1) is 15.9. The van der Waals surface area contributed by atoms with Crippen LogP contribution in [-0.4, -0.2) is 75.6 Å². The molecular weight excluding hydrogens is 437 g/mol. The molecule has 0 unspecified atom stereocenters. The molecule has 0 saturated carbocycles. The lowest BCUT2D eigenvalue weighted by molar-refractivity contribution is 0.313. The van der Waals surface area contributed by atoms with Gasteiger partial charge < -0.3 is 25.3 Å². The third-order valence-electron chi connectivity index (χ3n) is 6.34. The third kappa shape index (κ3) is 5.72. The zero-order chi connectivity index (χ0) is 23.4. The van der Waals surface area contributed by atoms with Gasteiger partial charge in [0.15, 0.2) is 5.11 Å². The molecule has 2 heterocycles. The number of benzene rings is 2. The Labute approximate surface area is 200 Å². The zero-order valence-corrected chi connectivity index (χ0v) is 20.1. The van der Waals surface area contributed by atoms with Crippen molar-refractivity contribution < 1.29 is 4.39 Å². The lowest BCUT2D eigenvalue weighted by Crippen LogP contribution is -2.47. The lowest BCUT2D eigenvalue weighted by atomic mass is 10.1. The Bertz CT molecular complexity index is 995. The van der Waals surface area contributed by atoms with Crippen molar-refractivity contribution in [1.82, 2.24) is 10.3 Å². The molecule has 2 aromatic carbocycles. The van der Waals surface area contributed by atoms with Crippen LogP contribution in [0, 0.1) is 12.7 Å². The molecular formula is C24H32FN7S. The van der Waals surface area contributed by atoms with Crippen LogP contribution in [-0.2, 0) is 0 Å². The molecule has 0 aliphatic carbocycles. The van der Waals surface area contributed by atoms with E-state index in [4.69, 9.17) is 18.0 Å². The molecule has 0 atom stereocenters. The van der Waals surface area contributed by atoms with E-state index in [1.165, 1.54) is 11.3 Å². The second-order valence-electron chi connectivity index (χ2n) is 8.70. The topological polar surface area (TPSA) is 63.4 Å². The van der Waals surface area contributed by atoms with Gasteiger partial charge in [-0.2, -0.15) is 5.10 Å². The first kappa shape index (κ1) is 23.3. The molecule has 2 fully saturated rings. The molecule has 0 spiro atoms. The second kappa shape index (κ2) is 10.4. The minimum Gasteiger partial charge on any atom is -0.375 e. The maximum absolute atomic E-state index is 15.3. The Morgan fingerprint density at radius 3 is 2.15 bits per heavy atom. The summed E-state index contributed by atoms with van der Waals surface area (Å²) in [6.07, 6.45) is 1.59. The van der Waals surface area contributed by atoms with Crippen molar-refractivity contribution in [3.05, 3.63) is 53.3 Å². The van der Waals surface area contributed by atoms with Gasteiger partial charge in [0.2, 0.25) is 0 Å². The fraction of sp³-hybridized carbons (Fsp3) is 0.417. The van der Waals surface area contributed by atoms with Crippen LogP contribution in [0.1, 0.15) is 11.1 Å². The summed E-state index contributed by atoms with van der Waals surface area (Å²) in [7, 11) is 2.12. The van der Waals surface area contributed by atoms with E-state index in [0.29, 0.717) is 11.3 Å². The molecule has 2 aliphatic heterocycles. The van der Waals surface area contributed by atoms with E-state index >= 15 is 4.39 Å². The molecule has 3 N–H and O–H groups in total. The van der Waals surface area contributed by atoms with Crippen LogP contribution in [0.5, 0.6) is 0 Å². The maximum atomic E-state index is 15.3. The largest absolute Gasteiger partial charge is 0.375 e. The molecule has 7 nitrogen and oxygen atoms in total. The first-order valence-corrected chi connectivity index (χ1v) is 11.7. The summed E-state index contributed by atoms with van der Waals surface area (Å²) in [5.41, 5.74) is 12.8. The van der Waals surface area contributed by atoms with Crippen LogP contribution in [0.25, 0.3) is 0 Å². The summed E-state index contributed by atoms with van der Waals surface area (Å²) in [4.78, 5) is 9.10. The number of hydrogen-bond donors (Lipinski definition) is 2. The van der Waals surface area contributed by atoms with Crippen molar-refractivity contribution >= 4 is 40.6 Å². The van der Waals surface area contributed by atoms with Crippen LogP contribution < -0.4 is 25.9 Å². The summed E-state index contributed by atoms with van der Waals surface area (Å²) < 4.78 is 15.3. The number of hydrazone groups is 1. The Hall–Kier alpha value is -2.91. The van der Waals surface area contributed by atoms with E-state index in [2.05, 4.69) is 68.4 Å².